The van der Waals surface area contributed by atoms with E-state index in [4.69, 9.17) is 9.47 Å². The molecule has 0 unspecified atom stereocenters. The minimum atomic E-state index is -4.84. The number of ether oxygens (including phenoxy) is 2. The number of anilines is 1. The molecular formula is C17H18BrF4N3O3. The van der Waals surface area contributed by atoms with Crippen LogP contribution in [0.15, 0.2) is 33.5 Å². The van der Waals surface area contributed by atoms with Gasteiger partial charge >= 0.3 is 6.18 Å². The van der Waals surface area contributed by atoms with E-state index in [0.717, 1.165) is 10.6 Å². The Morgan fingerprint density at radius 3 is 2.39 bits per heavy atom. The van der Waals surface area contributed by atoms with Crippen molar-refractivity contribution in [2.45, 2.75) is 26.3 Å². The number of nitrogens with one attached hydrogen (secondary N) is 1. The number of nitrogens with zero attached hydrogens (tertiary/aromatic N) is 2. The Balaban J connectivity index is 2.53. The predicted molar refractivity (Wildman–Crippen MR) is 98.0 cm³/mol. The molecule has 0 amide bonds. The number of hydrogen-bond donors (Lipinski definition) is 1. The number of hydrogen-bond acceptors (Lipinski definition) is 5. The Morgan fingerprint density at radius 1 is 1.21 bits per heavy atom. The number of benzene rings is 1. The molecule has 11 heteroatoms. The van der Waals surface area contributed by atoms with Crippen molar-refractivity contribution in [3.05, 3.63) is 50.6 Å². The van der Waals surface area contributed by atoms with Gasteiger partial charge in [-0.05, 0) is 32.0 Å². The lowest BCUT2D eigenvalue weighted by molar-refractivity contribution is -0.141. The van der Waals surface area contributed by atoms with Crippen LogP contribution in [0.4, 0.5) is 23.5 Å². The summed E-state index contributed by atoms with van der Waals surface area (Å²) in [5.41, 5.74) is -2.73. The van der Waals surface area contributed by atoms with E-state index < -0.39 is 35.5 Å². The maximum atomic E-state index is 14.4. The third-order valence-corrected chi connectivity index (χ3v) is 3.99. The Hall–Kier alpha value is -1.98. The average molecular weight is 468 g/mol. The molecule has 0 atom stereocenters. The third-order valence-electron chi connectivity index (χ3n) is 3.49. The highest BCUT2D eigenvalue weighted by Crippen LogP contribution is 2.28. The van der Waals surface area contributed by atoms with E-state index in [-0.39, 0.29) is 12.2 Å². The van der Waals surface area contributed by atoms with E-state index in [1.165, 1.54) is 12.1 Å². The van der Waals surface area contributed by atoms with E-state index in [2.05, 4.69) is 26.2 Å². The van der Waals surface area contributed by atoms with Crippen LogP contribution in [0.1, 0.15) is 19.5 Å². The molecule has 0 saturated carbocycles. The zero-order chi connectivity index (χ0) is 20.9. The van der Waals surface area contributed by atoms with E-state index in [1.54, 1.807) is 13.8 Å². The molecule has 0 aliphatic carbocycles. The molecule has 2 aromatic rings. The van der Waals surface area contributed by atoms with Crippen LogP contribution in [0.5, 0.6) is 0 Å². The van der Waals surface area contributed by atoms with Gasteiger partial charge in [0.1, 0.15) is 5.82 Å². The second-order valence-electron chi connectivity index (χ2n) is 5.45. The van der Waals surface area contributed by atoms with Gasteiger partial charge in [0.2, 0.25) is 5.95 Å². The summed E-state index contributed by atoms with van der Waals surface area (Å²) < 4.78 is 65.4. The molecule has 1 aromatic carbocycles. The molecule has 0 radical (unpaired) electrons. The third kappa shape index (κ3) is 5.52. The summed E-state index contributed by atoms with van der Waals surface area (Å²) in [4.78, 5) is 15.9. The maximum absolute atomic E-state index is 14.4. The first-order valence-corrected chi connectivity index (χ1v) is 9.10. The number of alkyl halides is 3. The van der Waals surface area contributed by atoms with Gasteiger partial charge in [0.15, 0.2) is 12.0 Å². The fourth-order valence-corrected chi connectivity index (χ4v) is 2.69. The molecule has 0 fully saturated rings. The first-order chi connectivity index (χ1) is 13.2. The van der Waals surface area contributed by atoms with Crippen molar-refractivity contribution >= 4 is 21.9 Å². The van der Waals surface area contributed by atoms with Crippen LogP contribution in [0.3, 0.4) is 0 Å². The highest BCUT2D eigenvalue weighted by molar-refractivity contribution is 9.10. The van der Waals surface area contributed by atoms with Crippen molar-refractivity contribution in [2.24, 2.45) is 0 Å². The monoisotopic (exact) mass is 467 g/mol. The van der Waals surface area contributed by atoms with Gasteiger partial charge in [0, 0.05) is 23.8 Å². The molecule has 1 aromatic heterocycles. The number of aromatic nitrogens is 2. The fraction of sp³-hybridized carbons (Fsp3) is 0.412. The topological polar surface area (TPSA) is 65.4 Å². The normalized spacial score (nSPS) is 11.9. The Morgan fingerprint density at radius 2 is 1.86 bits per heavy atom. The summed E-state index contributed by atoms with van der Waals surface area (Å²) in [6.45, 7) is 3.95. The van der Waals surface area contributed by atoms with Gasteiger partial charge in [-0.3, -0.25) is 4.79 Å². The summed E-state index contributed by atoms with van der Waals surface area (Å²) in [5, 5.41) is 2.60. The molecule has 0 aliphatic rings. The van der Waals surface area contributed by atoms with E-state index in [0.29, 0.717) is 23.8 Å². The van der Waals surface area contributed by atoms with Gasteiger partial charge in [0.25, 0.3) is 5.56 Å². The van der Waals surface area contributed by atoms with Crippen LogP contribution in [0.2, 0.25) is 0 Å². The first kappa shape index (κ1) is 22.3. The number of rotatable bonds is 8. The molecule has 28 heavy (non-hydrogen) atoms. The van der Waals surface area contributed by atoms with Crippen LogP contribution < -0.4 is 10.9 Å². The van der Waals surface area contributed by atoms with E-state index >= 15 is 0 Å². The van der Waals surface area contributed by atoms with Gasteiger partial charge < -0.3 is 14.8 Å². The summed E-state index contributed by atoms with van der Waals surface area (Å²) in [6.07, 6.45) is -5.63. The largest absolute Gasteiger partial charge is 0.433 e. The van der Waals surface area contributed by atoms with Crippen LogP contribution in [-0.4, -0.2) is 35.6 Å². The van der Waals surface area contributed by atoms with Crippen molar-refractivity contribution in [1.29, 1.82) is 0 Å². The summed E-state index contributed by atoms with van der Waals surface area (Å²) in [6, 6.07) is 4.11. The highest BCUT2D eigenvalue weighted by Gasteiger charge is 2.34. The molecule has 0 aliphatic heterocycles. The van der Waals surface area contributed by atoms with Crippen LogP contribution >= 0.6 is 15.9 Å². The second kappa shape index (κ2) is 9.48. The SMILES string of the molecule is CCOC(CNc1nc(C(F)(F)F)cc(=O)n1-c1ccc(Br)cc1F)OCC. The molecule has 1 N–H and O–H groups in total. The Labute approximate surface area is 166 Å². The zero-order valence-electron chi connectivity index (χ0n) is 15.0. The van der Waals surface area contributed by atoms with E-state index in [9.17, 15) is 22.4 Å². The highest BCUT2D eigenvalue weighted by atomic mass is 79.9. The van der Waals surface area contributed by atoms with Crippen LogP contribution in [-0.2, 0) is 15.7 Å². The van der Waals surface area contributed by atoms with Gasteiger partial charge in [-0.15, -0.1) is 0 Å². The van der Waals surface area contributed by atoms with Crippen molar-refractivity contribution in [3.63, 3.8) is 0 Å². The number of halogens is 5. The van der Waals surface area contributed by atoms with Crippen molar-refractivity contribution in [2.75, 3.05) is 25.1 Å². The van der Waals surface area contributed by atoms with Gasteiger partial charge in [-0.1, -0.05) is 15.9 Å². The van der Waals surface area contributed by atoms with Crippen molar-refractivity contribution in [1.82, 2.24) is 9.55 Å². The summed E-state index contributed by atoms with van der Waals surface area (Å²) in [7, 11) is 0. The molecule has 154 valence electrons. The fourth-order valence-electron chi connectivity index (χ4n) is 2.35. The quantitative estimate of drug-likeness (QED) is 0.470. The lowest BCUT2D eigenvalue weighted by Gasteiger charge is -2.20. The molecular weight excluding hydrogens is 450 g/mol. The summed E-state index contributed by atoms with van der Waals surface area (Å²) in [5.74, 6) is -1.29. The lowest BCUT2D eigenvalue weighted by Crippen LogP contribution is -2.31. The maximum Gasteiger partial charge on any atom is 0.433 e. The van der Waals surface area contributed by atoms with Crippen LogP contribution in [0, 0.1) is 5.82 Å². The zero-order valence-corrected chi connectivity index (χ0v) is 16.6. The standard InChI is InChI=1S/C17H18BrF4N3O3/c1-3-27-15(28-4-2)9-23-16-24-13(17(20,21)22)8-14(26)25(16)12-6-5-10(18)7-11(12)19/h5-8,15H,3-4,9H2,1-2H3,(H,23,24). The first-order valence-electron chi connectivity index (χ1n) is 8.31. The molecule has 2 rings (SSSR count). The molecule has 0 bridgehead atoms. The predicted octanol–water partition coefficient (Wildman–Crippen LogP) is 3.96. The van der Waals surface area contributed by atoms with Crippen molar-refractivity contribution in [3.8, 4) is 5.69 Å². The Kier molecular flexibility index (Phi) is 7.55. The van der Waals surface area contributed by atoms with Crippen LogP contribution in [0.25, 0.3) is 5.69 Å². The molecule has 0 saturated heterocycles. The summed E-state index contributed by atoms with van der Waals surface area (Å²) >= 11 is 3.09. The smallest absolute Gasteiger partial charge is 0.351 e. The molecule has 6 nitrogen and oxygen atoms in total. The van der Waals surface area contributed by atoms with Crippen molar-refractivity contribution < 1.29 is 27.0 Å². The van der Waals surface area contributed by atoms with Gasteiger partial charge in [-0.2, -0.15) is 13.2 Å². The lowest BCUT2D eigenvalue weighted by atomic mass is 10.3. The van der Waals surface area contributed by atoms with Gasteiger partial charge in [0.05, 0.1) is 12.2 Å². The van der Waals surface area contributed by atoms with Gasteiger partial charge in [-0.25, -0.2) is 13.9 Å². The average Bonchev–Trinajstić information content (AvgIpc) is 2.60. The second-order valence-corrected chi connectivity index (χ2v) is 6.37. The molecule has 1 heterocycles. The molecule has 0 spiro atoms. The van der Waals surface area contributed by atoms with E-state index in [1.807, 2.05) is 0 Å². The minimum absolute atomic E-state index is 0.104. The minimum Gasteiger partial charge on any atom is -0.351 e. The Bertz CT molecular complexity index is 868.